The molecule has 0 saturated carbocycles. The van der Waals surface area contributed by atoms with Crippen LogP contribution in [0.15, 0.2) is 52.1 Å². The van der Waals surface area contributed by atoms with Gasteiger partial charge in [0, 0.05) is 26.7 Å². The van der Waals surface area contributed by atoms with E-state index < -0.39 is 10.0 Å². The molecule has 0 spiro atoms. The minimum absolute atomic E-state index is 0.00920. The molecule has 3 rings (SSSR count). The molecular weight excluding hydrogens is 356 g/mol. The fourth-order valence-corrected chi connectivity index (χ4v) is 5.82. The van der Waals surface area contributed by atoms with Crippen molar-refractivity contribution in [3.63, 3.8) is 0 Å². The molecular formula is C18H22N2O3S2. The minimum Gasteiger partial charge on any atom is -0.341 e. The predicted octanol–water partition coefficient (Wildman–Crippen LogP) is 2.81. The van der Waals surface area contributed by atoms with Gasteiger partial charge >= 0.3 is 0 Å². The molecule has 0 aliphatic carbocycles. The number of benzene rings is 1. The van der Waals surface area contributed by atoms with E-state index in [-0.39, 0.29) is 18.4 Å². The number of carbonyl (C=O) groups is 1. The van der Waals surface area contributed by atoms with Crippen molar-refractivity contribution in [2.45, 2.75) is 23.6 Å². The highest BCUT2D eigenvalue weighted by atomic mass is 32.2. The Bertz CT molecular complexity index is 804. The van der Waals surface area contributed by atoms with Crippen LogP contribution in [0.2, 0.25) is 0 Å². The third-order valence-corrected chi connectivity index (χ3v) is 7.70. The first kappa shape index (κ1) is 18.1. The van der Waals surface area contributed by atoms with Crippen molar-refractivity contribution >= 4 is 27.3 Å². The molecule has 25 heavy (non-hydrogen) atoms. The maximum atomic E-state index is 12.8. The second kappa shape index (κ2) is 7.68. The lowest BCUT2D eigenvalue weighted by molar-refractivity contribution is -0.135. The molecule has 1 aromatic carbocycles. The summed E-state index contributed by atoms with van der Waals surface area (Å²) in [5.74, 6) is -0.271. The van der Waals surface area contributed by atoms with Crippen LogP contribution in [-0.2, 0) is 21.4 Å². The second-order valence-corrected chi connectivity index (χ2v) is 9.43. The van der Waals surface area contributed by atoms with Crippen LogP contribution in [-0.4, -0.2) is 43.7 Å². The van der Waals surface area contributed by atoms with E-state index in [0.717, 1.165) is 12.0 Å². The van der Waals surface area contributed by atoms with Crippen LogP contribution >= 0.6 is 11.3 Å². The van der Waals surface area contributed by atoms with Gasteiger partial charge in [0.15, 0.2) is 0 Å². The maximum absolute atomic E-state index is 12.8. The summed E-state index contributed by atoms with van der Waals surface area (Å²) in [4.78, 5) is 14.5. The molecule has 1 aliphatic heterocycles. The number of rotatable bonds is 5. The molecule has 5 nitrogen and oxygen atoms in total. The standard InChI is InChI=1S/C18H22N2O3S2/c1-19(13-15-7-3-2-4-8-15)18(21)16-9-5-11-20(14-16)25(22,23)17-10-6-12-24-17/h2-4,6-8,10,12,16H,5,9,11,13-14H2,1H3/t16-/m0/s1. The molecule has 134 valence electrons. The van der Waals surface area contributed by atoms with Crippen LogP contribution in [0.25, 0.3) is 0 Å². The highest BCUT2D eigenvalue weighted by Crippen LogP contribution is 2.27. The Kier molecular flexibility index (Phi) is 5.56. The molecule has 0 unspecified atom stereocenters. The number of piperidine rings is 1. The number of hydrogen-bond donors (Lipinski definition) is 0. The van der Waals surface area contributed by atoms with E-state index in [1.807, 2.05) is 30.3 Å². The van der Waals surface area contributed by atoms with E-state index in [9.17, 15) is 13.2 Å². The Morgan fingerprint density at radius 2 is 2.00 bits per heavy atom. The molecule has 0 radical (unpaired) electrons. The Morgan fingerprint density at radius 3 is 2.68 bits per heavy atom. The van der Waals surface area contributed by atoms with Gasteiger partial charge in [-0.1, -0.05) is 36.4 Å². The second-order valence-electron chi connectivity index (χ2n) is 6.31. The Morgan fingerprint density at radius 1 is 1.24 bits per heavy atom. The Hall–Kier alpha value is -1.70. The first-order valence-corrected chi connectivity index (χ1v) is 10.6. The van der Waals surface area contributed by atoms with E-state index in [4.69, 9.17) is 0 Å². The molecule has 1 atom stereocenters. The van der Waals surface area contributed by atoms with Crippen molar-refractivity contribution in [2.24, 2.45) is 5.92 Å². The number of nitrogens with zero attached hydrogens (tertiary/aromatic N) is 2. The first-order valence-electron chi connectivity index (χ1n) is 8.31. The minimum atomic E-state index is -3.49. The van der Waals surface area contributed by atoms with Gasteiger partial charge in [-0.15, -0.1) is 11.3 Å². The van der Waals surface area contributed by atoms with Gasteiger partial charge in [0.1, 0.15) is 4.21 Å². The largest absolute Gasteiger partial charge is 0.341 e. The molecule has 1 amide bonds. The first-order chi connectivity index (χ1) is 12.0. The lowest BCUT2D eigenvalue weighted by atomic mass is 9.98. The molecule has 2 aromatic rings. The van der Waals surface area contributed by atoms with Gasteiger partial charge in [0.2, 0.25) is 5.91 Å². The van der Waals surface area contributed by atoms with Crippen molar-refractivity contribution in [2.75, 3.05) is 20.1 Å². The molecule has 0 bridgehead atoms. The number of amides is 1. The maximum Gasteiger partial charge on any atom is 0.252 e. The van der Waals surface area contributed by atoms with Crippen molar-refractivity contribution in [3.8, 4) is 0 Å². The zero-order valence-electron chi connectivity index (χ0n) is 14.2. The third kappa shape index (κ3) is 4.11. The SMILES string of the molecule is CN(Cc1ccccc1)C(=O)[C@H]1CCCN(S(=O)(=O)c2cccs2)C1. The number of sulfonamides is 1. The molecule has 2 heterocycles. The van der Waals surface area contributed by atoms with E-state index in [2.05, 4.69) is 0 Å². The quantitative estimate of drug-likeness (QED) is 0.804. The van der Waals surface area contributed by atoms with Gasteiger partial charge < -0.3 is 4.90 Å². The van der Waals surface area contributed by atoms with Gasteiger partial charge in [0.25, 0.3) is 10.0 Å². The highest BCUT2D eigenvalue weighted by molar-refractivity contribution is 7.91. The van der Waals surface area contributed by atoms with Crippen LogP contribution in [0.5, 0.6) is 0 Å². The number of carbonyl (C=O) groups excluding carboxylic acids is 1. The summed E-state index contributed by atoms with van der Waals surface area (Å²) in [6.07, 6.45) is 1.44. The lowest BCUT2D eigenvalue weighted by Crippen LogP contribution is -2.45. The summed E-state index contributed by atoms with van der Waals surface area (Å²) in [5.41, 5.74) is 1.07. The fraction of sp³-hybridized carbons (Fsp3) is 0.389. The van der Waals surface area contributed by atoms with Crippen LogP contribution in [0.4, 0.5) is 0 Å². The van der Waals surface area contributed by atoms with Gasteiger partial charge in [-0.05, 0) is 29.9 Å². The molecule has 1 saturated heterocycles. The average Bonchev–Trinajstić information content (AvgIpc) is 3.17. The summed E-state index contributed by atoms with van der Waals surface area (Å²) in [6, 6.07) is 13.2. The fourth-order valence-electron chi connectivity index (χ4n) is 3.15. The van der Waals surface area contributed by atoms with E-state index in [0.29, 0.717) is 23.7 Å². The third-order valence-electron chi connectivity index (χ3n) is 4.46. The zero-order chi connectivity index (χ0) is 17.9. The summed E-state index contributed by atoms with van der Waals surface area (Å²) < 4.78 is 27.2. The zero-order valence-corrected chi connectivity index (χ0v) is 15.8. The average molecular weight is 379 g/mol. The van der Waals surface area contributed by atoms with Gasteiger partial charge in [0.05, 0.1) is 5.92 Å². The van der Waals surface area contributed by atoms with E-state index in [1.54, 1.807) is 29.5 Å². The summed E-state index contributed by atoms with van der Waals surface area (Å²) in [5, 5.41) is 1.76. The predicted molar refractivity (Wildman–Crippen MR) is 98.7 cm³/mol. The topological polar surface area (TPSA) is 57.7 Å². The van der Waals surface area contributed by atoms with Crippen molar-refractivity contribution in [1.29, 1.82) is 0 Å². The molecule has 1 fully saturated rings. The highest BCUT2D eigenvalue weighted by Gasteiger charge is 2.34. The Labute approximate surface area is 152 Å². The van der Waals surface area contributed by atoms with E-state index >= 15 is 0 Å². The normalized spacial score (nSPS) is 18.8. The summed E-state index contributed by atoms with van der Waals surface area (Å²) in [7, 11) is -1.71. The van der Waals surface area contributed by atoms with Crippen molar-refractivity contribution in [1.82, 2.24) is 9.21 Å². The molecule has 0 N–H and O–H groups in total. The van der Waals surface area contributed by atoms with Crippen LogP contribution in [0.1, 0.15) is 18.4 Å². The molecule has 7 heteroatoms. The lowest BCUT2D eigenvalue weighted by Gasteiger charge is -2.33. The van der Waals surface area contributed by atoms with Crippen LogP contribution in [0.3, 0.4) is 0 Å². The monoisotopic (exact) mass is 378 g/mol. The smallest absolute Gasteiger partial charge is 0.252 e. The van der Waals surface area contributed by atoms with Crippen LogP contribution < -0.4 is 0 Å². The van der Waals surface area contributed by atoms with Crippen molar-refractivity contribution < 1.29 is 13.2 Å². The van der Waals surface area contributed by atoms with Crippen LogP contribution in [0, 0.1) is 5.92 Å². The summed E-state index contributed by atoms with van der Waals surface area (Å²) >= 11 is 1.22. The Balaban J connectivity index is 1.67. The van der Waals surface area contributed by atoms with Gasteiger partial charge in [-0.25, -0.2) is 8.42 Å². The molecule has 1 aliphatic rings. The molecule has 1 aromatic heterocycles. The number of hydrogen-bond acceptors (Lipinski definition) is 4. The van der Waals surface area contributed by atoms with Gasteiger partial charge in [-0.3, -0.25) is 4.79 Å². The number of thiophene rings is 1. The summed E-state index contributed by atoms with van der Waals surface area (Å²) in [6.45, 7) is 1.28. The van der Waals surface area contributed by atoms with Gasteiger partial charge in [-0.2, -0.15) is 4.31 Å². The van der Waals surface area contributed by atoms with Crippen molar-refractivity contribution in [3.05, 3.63) is 53.4 Å². The van der Waals surface area contributed by atoms with E-state index in [1.165, 1.54) is 15.6 Å².